The zero-order valence-electron chi connectivity index (χ0n) is 11.0. The summed E-state index contributed by atoms with van der Waals surface area (Å²) in [5.41, 5.74) is 0.276. The summed E-state index contributed by atoms with van der Waals surface area (Å²) in [5, 5.41) is 9.34. The molecule has 4 nitrogen and oxygen atoms in total. The maximum Gasteiger partial charge on any atom is 0.132 e. The van der Waals surface area contributed by atoms with Crippen molar-refractivity contribution in [2.24, 2.45) is 0 Å². The van der Waals surface area contributed by atoms with Gasteiger partial charge in [0, 0.05) is 24.0 Å². The van der Waals surface area contributed by atoms with Gasteiger partial charge in [0.2, 0.25) is 0 Å². The summed E-state index contributed by atoms with van der Waals surface area (Å²) >= 11 is 0. The molecule has 0 aliphatic rings. The van der Waals surface area contributed by atoms with Crippen molar-refractivity contribution in [1.29, 1.82) is 0 Å². The molecule has 0 amide bonds. The van der Waals surface area contributed by atoms with Crippen molar-refractivity contribution in [1.82, 2.24) is 9.55 Å². The summed E-state index contributed by atoms with van der Waals surface area (Å²) in [6.07, 6.45) is 2.78. The van der Waals surface area contributed by atoms with E-state index in [1.807, 2.05) is 17.7 Å². The number of rotatable bonds is 5. The lowest BCUT2D eigenvalue weighted by atomic mass is 10.1. The van der Waals surface area contributed by atoms with Crippen LogP contribution in [0.3, 0.4) is 0 Å². The maximum atomic E-state index is 13.6. The normalized spacial score (nSPS) is 12.4. The van der Waals surface area contributed by atoms with Crippen LogP contribution < -0.4 is 4.74 Å². The van der Waals surface area contributed by atoms with Crippen molar-refractivity contribution >= 4 is 0 Å². The molecule has 5 heteroatoms. The molecular weight excluding hydrogens is 247 g/mol. The number of nitrogens with zero attached hydrogens (tertiary/aromatic N) is 2. The average Bonchev–Trinajstić information content (AvgIpc) is 2.75. The van der Waals surface area contributed by atoms with Gasteiger partial charge in [-0.25, -0.2) is 9.37 Å². The second-order valence-electron chi connectivity index (χ2n) is 4.38. The van der Waals surface area contributed by atoms with Gasteiger partial charge in [0.15, 0.2) is 0 Å². The lowest BCUT2D eigenvalue weighted by Gasteiger charge is -2.10. The SMILES string of the molecule is Cc1nccn1CCOc1ccc([C@@H](C)O)c(F)c1. The van der Waals surface area contributed by atoms with E-state index < -0.39 is 11.9 Å². The highest BCUT2D eigenvalue weighted by molar-refractivity contribution is 5.29. The van der Waals surface area contributed by atoms with Crippen molar-refractivity contribution in [2.75, 3.05) is 6.61 Å². The minimum atomic E-state index is -0.817. The molecule has 0 saturated heterocycles. The zero-order chi connectivity index (χ0) is 13.8. The van der Waals surface area contributed by atoms with Gasteiger partial charge in [0.1, 0.15) is 24.0 Å². The van der Waals surface area contributed by atoms with Crippen LogP contribution in [0.1, 0.15) is 24.4 Å². The Morgan fingerprint density at radius 1 is 1.47 bits per heavy atom. The molecule has 0 bridgehead atoms. The van der Waals surface area contributed by atoms with Crippen molar-refractivity contribution < 1.29 is 14.2 Å². The van der Waals surface area contributed by atoms with Gasteiger partial charge in [-0.3, -0.25) is 0 Å². The number of halogens is 1. The van der Waals surface area contributed by atoms with Crippen LogP contribution in [0.5, 0.6) is 5.75 Å². The van der Waals surface area contributed by atoms with Crippen molar-refractivity contribution in [3.8, 4) is 5.75 Å². The fourth-order valence-electron chi connectivity index (χ4n) is 1.84. The number of aryl methyl sites for hydroxylation is 1. The van der Waals surface area contributed by atoms with E-state index in [0.29, 0.717) is 18.9 Å². The van der Waals surface area contributed by atoms with Crippen molar-refractivity contribution in [3.63, 3.8) is 0 Å². The van der Waals surface area contributed by atoms with Gasteiger partial charge < -0.3 is 14.4 Å². The quantitative estimate of drug-likeness (QED) is 0.902. The van der Waals surface area contributed by atoms with E-state index in [1.165, 1.54) is 19.1 Å². The molecule has 0 spiro atoms. The highest BCUT2D eigenvalue weighted by atomic mass is 19.1. The molecule has 1 N–H and O–H groups in total. The van der Waals surface area contributed by atoms with E-state index in [0.717, 1.165) is 5.82 Å². The monoisotopic (exact) mass is 264 g/mol. The molecule has 0 aliphatic heterocycles. The number of hydrogen-bond donors (Lipinski definition) is 1. The summed E-state index contributed by atoms with van der Waals surface area (Å²) < 4.78 is 21.0. The third-order valence-electron chi connectivity index (χ3n) is 2.95. The summed E-state index contributed by atoms with van der Waals surface area (Å²) in [5.74, 6) is 0.921. The van der Waals surface area contributed by atoms with E-state index in [9.17, 15) is 9.50 Å². The third-order valence-corrected chi connectivity index (χ3v) is 2.95. The van der Waals surface area contributed by atoms with E-state index in [4.69, 9.17) is 4.74 Å². The zero-order valence-corrected chi connectivity index (χ0v) is 11.0. The van der Waals surface area contributed by atoms with Crippen LogP contribution in [0.15, 0.2) is 30.6 Å². The molecule has 0 aliphatic carbocycles. The van der Waals surface area contributed by atoms with Crippen LogP contribution in [0.25, 0.3) is 0 Å². The van der Waals surface area contributed by atoms with Crippen molar-refractivity contribution in [3.05, 3.63) is 47.8 Å². The molecule has 0 unspecified atom stereocenters. The highest BCUT2D eigenvalue weighted by Crippen LogP contribution is 2.21. The van der Waals surface area contributed by atoms with Gasteiger partial charge in [0.05, 0.1) is 12.6 Å². The first kappa shape index (κ1) is 13.5. The first-order chi connectivity index (χ1) is 9.08. The second-order valence-corrected chi connectivity index (χ2v) is 4.38. The fourth-order valence-corrected chi connectivity index (χ4v) is 1.84. The van der Waals surface area contributed by atoms with Crippen LogP contribution in [-0.4, -0.2) is 21.3 Å². The molecule has 0 radical (unpaired) electrons. The Labute approximate surface area is 111 Å². The summed E-state index contributed by atoms with van der Waals surface area (Å²) in [4.78, 5) is 4.11. The molecule has 1 aromatic heterocycles. The van der Waals surface area contributed by atoms with Gasteiger partial charge >= 0.3 is 0 Å². The summed E-state index contributed by atoms with van der Waals surface area (Å²) in [7, 11) is 0. The lowest BCUT2D eigenvalue weighted by Crippen LogP contribution is -2.09. The van der Waals surface area contributed by atoms with Gasteiger partial charge in [-0.05, 0) is 26.0 Å². The lowest BCUT2D eigenvalue weighted by molar-refractivity contribution is 0.194. The Balaban J connectivity index is 1.93. The molecule has 1 aromatic carbocycles. The third kappa shape index (κ3) is 3.32. The fraction of sp³-hybridized carbons (Fsp3) is 0.357. The minimum Gasteiger partial charge on any atom is -0.492 e. The smallest absolute Gasteiger partial charge is 0.132 e. The predicted molar refractivity (Wildman–Crippen MR) is 69.5 cm³/mol. The Morgan fingerprint density at radius 2 is 2.26 bits per heavy atom. The number of aliphatic hydroxyl groups excluding tert-OH is 1. The number of benzene rings is 1. The molecule has 0 saturated carbocycles. The average molecular weight is 264 g/mol. The van der Waals surface area contributed by atoms with E-state index >= 15 is 0 Å². The Morgan fingerprint density at radius 3 is 2.84 bits per heavy atom. The maximum absolute atomic E-state index is 13.6. The number of imidazole rings is 1. The van der Waals surface area contributed by atoms with E-state index in [1.54, 1.807) is 12.3 Å². The van der Waals surface area contributed by atoms with Crippen LogP contribution in [0.4, 0.5) is 4.39 Å². The van der Waals surface area contributed by atoms with Crippen LogP contribution in [0, 0.1) is 12.7 Å². The van der Waals surface area contributed by atoms with E-state index in [-0.39, 0.29) is 5.56 Å². The second kappa shape index (κ2) is 5.84. The predicted octanol–water partition coefficient (Wildman–Crippen LogP) is 2.46. The Hall–Kier alpha value is -1.88. The van der Waals surface area contributed by atoms with Gasteiger partial charge in [-0.2, -0.15) is 0 Å². The molecule has 2 aromatic rings. The summed E-state index contributed by atoms with van der Waals surface area (Å²) in [6.45, 7) is 4.54. The highest BCUT2D eigenvalue weighted by Gasteiger charge is 2.09. The molecule has 1 heterocycles. The molecule has 1 atom stereocenters. The molecule has 19 heavy (non-hydrogen) atoms. The molecule has 2 rings (SSSR count). The number of ether oxygens (including phenoxy) is 1. The number of aliphatic hydroxyl groups is 1. The van der Waals surface area contributed by atoms with E-state index in [2.05, 4.69) is 4.98 Å². The van der Waals surface area contributed by atoms with Gasteiger partial charge in [-0.15, -0.1) is 0 Å². The van der Waals surface area contributed by atoms with Crippen LogP contribution in [0.2, 0.25) is 0 Å². The number of hydrogen-bond acceptors (Lipinski definition) is 3. The topological polar surface area (TPSA) is 47.3 Å². The summed E-state index contributed by atoms with van der Waals surface area (Å²) in [6, 6.07) is 4.49. The standard InChI is InChI=1S/C14H17FN2O2/c1-10(18)13-4-3-12(9-14(13)15)19-8-7-17-6-5-16-11(17)2/h3-6,9-10,18H,7-8H2,1-2H3/t10-/m1/s1. The van der Waals surface area contributed by atoms with Gasteiger partial charge in [-0.1, -0.05) is 0 Å². The first-order valence-electron chi connectivity index (χ1n) is 6.16. The van der Waals surface area contributed by atoms with Crippen LogP contribution >= 0.6 is 0 Å². The van der Waals surface area contributed by atoms with Crippen LogP contribution in [-0.2, 0) is 6.54 Å². The molecular formula is C14H17FN2O2. The minimum absolute atomic E-state index is 0.276. The Bertz CT molecular complexity index is 552. The number of aromatic nitrogens is 2. The Kier molecular flexibility index (Phi) is 4.16. The van der Waals surface area contributed by atoms with Crippen molar-refractivity contribution in [2.45, 2.75) is 26.5 Å². The molecule has 0 fully saturated rings. The largest absolute Gasteiger partial charge is 0.492 e. The molecule has 102 valence electrons. The first-order valence-corrected chi connectivity index (χ1v) is 6.16. The van der Waals surface area contributed by atoms with Gasteiger partial charge in [0.25, 0.3) is 0 Å².